The number of nitrogens with two attached hydrogens (primary N) is 1. The van der Waals surface area contributed by atoms with Crippen molar-refractivity contribution in [1.82, 2.24) is 14.8 Å². The van der Waals surface area contributed by atoms with Crippen LogP contribution >= 0.6 is 11.6 Å². The quantitative estimate of drug-likeness (QED) is 0.889. The Morgan fingerprint density at radius 3 is 2.56 bits per heavy atom. The number of pyridine rings is 1. The van der Waals surface area contributed by atoms with Gasteiger partial charge in [-0.05, 0) is 33.0 Å². The van der Waals surface area contributed by atoms with Gasteiger partial charge in [0.1, 0.15) is 5.82 Å². The Morgan fingerprint density at radius 1 is 1.33 bits per heavy atom. The summed E-state index contributed by atoms with van der Waals surface area (Å²) >= 11 is 6.16. The number of rotatable bonds is 2. The number of hydrogen-bond donors (Lipinski definition) is 1. The molecule has 1 aromatic heterocycles. The van der Waals surface area contributed by atoms with Crippen molar-refractivity contribution < 1.29 is 0 Å². The Kier molecular flexibility index (Phi) is 4.10. The molecule has 0 saturated carbocycles. The van der Waals surface area contributed by atoms with Crippen LogP contribution in [-0.4, -0.2) is 47.0 Å². The third-order valence-corrected chi connectivity index (χ3v) is 4.09. The zero-order valence-corrected chi connectivity index (χ0v) is 12.0. The Morgan fingerprint density at radius 2 is 1.94 bits per heavy atom. The highest BCUT2D eigenvalue weighted by Crippen LogP contribution is 2.20. The fraction of sp³-hybridized carbons (Fsp3) is 0.615. The number of aromatic nitrogens is 1. The Bertz CT molecular complexity index is 411. The molecule has 0 radical (unpaired) electrons. The maximum Gasteiger partial charge on any atom is 0.123 e. The van der Waals surface area contributed by atoms with E-state index in [-0.39, 0.29) is 0 Å². The molecule has 2 atom stereocenters. The van der Waals surface area contributed by atoms with Crippen LogP contribution in [0.1, 0.15) is 19.5 Å². The molecular weight excluding hydrogens is 248 g/mol. The van der Waals surface area contributed by atoms with E-state index in [0.29, 0.717) is 22.9 Å². The molecule has 2 rings (SSSR count). The molecule has 1 fully saturated rings. The van der Waals surface area contributed by atoms with E-state index in [1.807, 2.05) is 6.07 Å². The van der Waals surface area contributed by atoms with Crippen LogP contribution < -0.4 is 5.73 Å². The summed E-state index contributed by atoms with van der Waals surface area (Å²) in [6.45, 7) is 7.34. The largest absolute Gasteiger partial charge is 0.384 e. The molecule has 4 nitrogen and oxygen atoms in total. The van der Waals surface area contributed by atoms with Crippen molar-refractivity contribution in [3.63, 3.8) is 0 Å². The lowest BCUT2D eigenvalue weighted by Crippen LogP contribution is -2.54. The normalized spacial score (nSPS) is 26.4. The van der Waals surface area contributed by atoms with E-state index in [9.17, 15) is 0 Å². The topological polar surface area (TPSA) is 45.4 Å². The maximum absolute atomic E-state index is 6.16. The summed E-state index contributed by atoms with van der Waals surface area (Å²) in [7, 11) is 2.18. The van der Waals surface area contributed by atoms with E-state index in [1.54, 1.807) is 6.07 Å². The first-order chi connectivity index (χ1) is 8.47. The van der Waals surface area contributed by atoms with Gasteiger partial charge in [0.2, 0.25) is 0 Å². The monoisotopic (exact) mass is 268 g/mol. The molecule has 2 N–H and O–H groups in total. The van der Waals surface area contributed by atoms with E-state index in [2.05, 4.69) is 35.7 Å². The van der Waals surface area contributed by atoms with Gasteiger partial charge in [0.15, 0.2) is 0 Å². The van der Waals surface area contributed by atoms with Gasteiger partial charge >= 0.3 is 0 Å². The molecule has 1 aromatic rings. The Labute approximate surface area is 114 Å². The van der Waals surface area contributed by atoms with Crippen LogP contribution in [-0.2, 0) is 6.54 Å². The summed E-state index contributed by atoms with van der Waals surface area (Å²) in [6.07, 6.45) is 0. The van der Waals surface area contributed by atoms with Gasteiger partial charge in [-0.15, -0.1) is 0 Å². The molecule has 0 spiro atoms. The molecule has 100 valence electrons. The van der Waals surface area contributed by atoms with E-state index >= 15 is 0 Å². The van der Waals surface area contributed by atoms with Crippen LogP contribution in [0.3, 0.4) is 0 Å². The fourth-order valence-electron chi connectivity index (χ4n) is 2.47. The molecule has 2 unspecified atom stereocenters. The third-order valence-electron chi connectivity index (χ3n) is 3.75. The summed E-state index contributed by atoms with van der Waals surface area (Å²) < 4.78 is 0. The fourth-order valence-corrected chi connectivity index (χ4v) is 2.63. The first kappa shape index (κ1) is 13.6. The minimum atomic E-state index is 0.532. The van der Waals surface area contributed by atoms with Crippen molar-refractivity contribution in [3.05, 3.63) is 22.8 Å². The molecule has 1 aliphatic rings. The highest BCUT2D eigenvalue weighted by molar-refractivity contribution is 6.31. The molecule has 0 aliphatic carbocycles. The number of halogens is 1. The lowest BCUT2D eigenvalue weighted by Gasteiger charge is -2.42. The zero-order valence-electron chi connectivity index (χ0n) is 11.2. The van der Waals surface area contributed by atoms with Crippen molar-refractivity contribution in [2.24, 2.45) is 0 Å². The van der Waals surface area contributed by atoms with Crippen molar-refractivity contribution in [2.45, 2.75) is 32.5 Å². The van der Waals surface area contributed by atoms with E-state index in [0.717, 1.165) is 25.3 Å². The molecule has 5 heteroatoms. The standard InChI is InChI=1S/C13H21ClN4/c1-9-6-18(7-10(2)17(9)3)8-12-11(14)4-5-13(15)16-12/h4-5,9-10H,6-8H2,1-3H3,(H2,15,16). The predicted octanol–water partition coefficient (Wildman–Crippen LogP) is 1.84. The number of piperazine rings is 1. The lowest BCUT2D eigenvalue weighted by molar-refractivity contribution is 0.0550. The number of nitrogen functional groups attached to an aromatic ring is 1. The van der Waals surface area contributed by atoms with Gasteiger partial charge in [-0.3, -0.25) is 9.80 Å². The highest BCUT2D eigenvalue weighted by Gasteiger charge is 2.26. The van der Waals surface area contributed by atoms with Crippen LogP contribution in [0, 0.1) is 0 Å². The Hall–Kier alpha value is -0.840. The van der Waals surface area contributed by atoms with E-state index < -0.39 is 0 Å². The van der Waals surface area contributed by atoms with Crippen molar-refractivity contribution in [3.8, 4) is 0 Å². The van der Waals surface area contributed by atoms with Crippen molar-refractivity contribution >= 4 is 17.4 Å². The second-order valence-electron chi connectivity index (χ2n) is 5.22. The van der Waals surface area contributed by atoms with Gasteiger partial charge in [-0.1, -0.05) is 11.6 Å². The lowest BCUT2D eigenvalue weighted by atomic mass is 10.1. The van der Waals surface area contributed by atoms with Crippen LogP contribution in [0.4, 0.5) is 5.82 Å². The molecular formula is C13H21ClN4. The smallest absolute Gasteiger partial charge is 0.123 e. The average molecular weight is 269 g/mol. The highest BCUT2D eigenvalue weighted by atomic mass is 35.5. The maximum atomic E-state index is 6.16. The summed E-state index contributed by atoms with van der Waals surface area (Å²) in [5.41, 5.74) is 6.59. The van der Waals surface area contributed by atoms with Gasteiger partial charge < -0.3 is 5.73 Å². The second-order valence-corrected chi connectivity index (χ2v) is 5.63. The first-order valence-corrected chi connectivity index (χ1v) is 6.70. The minimum absolute atomic E-state index is 0.532. The number of likely N-dealkylation sites (N-methyl/N-ethyl adjacent to an activating group) is 1. The van der Waals surface area contributed by atoms with Crippen molar-refractivity contribution in [2.75, 3.05) is 25.9 Å². The van der Waals surface area contributed by atoms with Crippen molar-refractivity contribution in [1.29, 1.82) is 0 Å². The molecule has 18 heavy (non-hydrogen) atoms. The van der Waals surface area contributed by atoms with Crippen LogP contribution in [0.25, 0.3) is 0 Å². The molecule has 1 saturated heterocycles. The summed E-state index contributed by atoms with van der Waals surface area (Å²) in [5.74, 6) is 0.532. The second kappa shape index (κ2) is 5.43. The summed E-state index contributed by atoms with van der Waals surface area (Å²) in [6, 6.07) is 4.66. The predicted molar refractivity (Wildman–Crippen MR) is 75.6 cm³/mol. The molecule has 0 amide bonds. The summed E-state index contributed by atoms with van der Waals surface area (Å²) in [5, 5.41) is 0.698. The molecule has 0 bridgehead atoms. The van der Waals surface area contributed by atoms with Crippen LogP contribution in [0.15, 0.2) is 12.1 Å². The van der Waals surface area contributed by atoms with Gasteiger partial charge in [0.05, 0.1) is 10.7 Å². The van der Waals surface area contributed by atoms with Crippen LogP contribution in [0.5, 0.6) is 0 Å². The van der Waals surface area contributed by atoms with Gasteiger partial charge in [-0.25, -0.2) is 4.98 Å². The zero-order chi connectivity index (χ0) is 13.3. The number of hydrogen-bond acceptors (Lipinski definition) is 4. The third kappa shape index (κ3) is 2.94. The van der Waals surface area contributed by atoms with Gasteiger partial charge in [0.25, 0.3) is 0 Å². The average Bonchev–Trinajstić information content (AvgIpc) is 2.31. The number of nitrogens with zero attached hydrogens (tertiary/aromatic N) is 3. The number of anilines is 1. The van der Waals surface area contributed by atoms with E-state index in [1.165, 1.54) is 0 Å². The van der Waals surface area contributed by atoms with Crippen LogP contribution in [0.2, 0.25) is 5.02 Å². The van der Waals surface area contributed by atoms with Gasteiger partial charge in [0, 0.05) is 31.7 Å². The first-order valence-electron chi connectivity index (χ1n) is 6.32. The molecule has 0 aromatic carbocycles. The minimum Gasteiger partial charge on any atom is -0.384 e. The molecule has 2 heterocycles. The van der Waals surface area contributed by atoms with E-state index in [4.69, 9.17) is 17.3 Å². The molecule has 1 aliphatic heterocycles. The summed E-state index contributed by atoms with van der Waals surface area (Å²) in [4.78, 5) is 9.13. The Balaban J connectivity index is 2.07. The SMILES string of the molecule is CC1CN(Cc2nc(N)ccc2Cl)CC(C)N1C. The van der Waals surface area contributed by atoms with Gasteiger partial charge in [-0.2, -0.15) is 0 Å².